The second-order valence-corrected chi connectivity index (χ2v) is 5.85. The van der Waals surface area contributed by atoms with Crippen molar-refractivity contribution in [2.24, 2.45) is 0 Å². The van der Waals surface area contributed by atoms with E-state index in [0.29, 0.717) is 5.39 Å². The second kappa shape index (κ2) is 4.96. The summed E-state index contributed by atoms with van der Waals surface area (Å²) in [5.74, 6) is -0.101. The number of carbonyl (C=O) groups is 1. The largest absolute Gasteiger partial charge is 0.321 e. The summed E-state index contributed by atoms with van der Waals surface area (Å²) in [6.07, 6.45) is 0. The smallest absolute Gasteiger partial charge is 0.262 e. The molecule has 0 bridgehead atoms. The van der Waals surface area contributed by atoms with Crippen LogP contribution in [0.3, 0.4) is 0 Å². The number of benzene rings is 2. The normalized spacial score (nSPS) is 11.8. The number of H-pyrrole nitrogens is 1. The lowest BCUT2D eigenvalue weighted by Gasteiger charge is -2.28. The Morgan fingerprint density at radius 1 is 1.05 bits per heavy atom. The summed E-state index contributed by atoms with van der Waals surface area (Å²) in [7, 11) is 3.80. The van der Waals surface area contributed by atoms with Crippen LogP contribution in [0.15, 0.2) is 47.3 Å². The number of hydrogen-bond donors (Lipinski definition) is 2. The van der Waals surface area contributed by atoms with E-state index in [1.54, 1.807) is 0 Å². The SMILES string of the molecule is CC(=O)N[N+](C)(C)c1ccc2[nH]c(=O)c3ccccc3c2c1. The molecule has 0 aliphatic carbocycles. The molecule has 5 nitrogen and oxygen atoms in total. The van der Waals surface area contributed by atoms with Crippen LogP contribution in [-0.2, 0) is 4.79 Å². The standard InChI is InChI=1S/C17H17N3O2/c1-11(21)19-20(2,3)12-8-9-16-15(10-12)13-6-4-5-7-14(13)17(22)18-16/h4-10H,1-3H3,(H-,18,19,21,22)/p+1. The Labute approximate surface area is 127 Å². The van der Waals surface area contributed by atoms with Crippen LogP contribution in [0.5, 0.6) is 0 Å². The average Bonchev–Trinajstić information content (AvgIpc) is 2.46. The summed E-state index contributed by atoms with van der Waals surface area (Å²) < 4.78 is 0.235. The number of nitrogens with zero attached hydrogens (tertiary/aromatic N) is 1. The second-order valence-electron chi connectivity index (χ2n) is 5.85. The van der Waals surface area contributed by atoms with Gasteiger partial charge in [0.15, 0.2) is 5.69 Å². The van der Waals surface area contributed by atoms with Gasteiger partial charge in [-0.3, -0.25) is 9.59 Å². The van der Waals surface area contributed by atoms with Crippen LogP contribution in [0.25, 0.3) is 21.7 Å². The van der Waals surface area contributed by atoms with E-state index < -0.39 is 0 Å². The Kier molecular flexibility index (Phi) is 3.22. The van der Waals surface area contributed by atoms with Crippen LogP contribution in [0.1, 0.15) is 6.92 Å². The van der Waals surface area contributed by atoms with Crippen molar-refractivity contribution in [1.29, 1.82) is 0 Å². The van der Waals surface area contributed by atoms with E-state index in [4.69, 9.17) is 0 Å². The fraction of sp³-hybridized carbons (Fsp3) is 0.176. The zero-order chi connectivity index (χ0) is 15.9. The van der Waals surface area contributed by atoms with Crippen LogP contribution in [0, 0.1) is 0 Å². The Bertz CT molecular complexity index is 941. The van der Waals surface area contributed by atoms with Gasteiger partial charge in [0.1, 0.15) is 0 Å². The number of quaternary nitrogens is 1. The van der Waals surface area contributed by atoms with Crippen LogP contribution in [-0.4, -0.2) is 25.0 Å². The molecule has 0 saturated heterocycles. The zero-order valence-corrected chi connectivity index (χ0v) is 12.8. The maximum atomic E-state index is 12.1. The molecule has 0 spiro atoms. The molecule has 0 fully saturated rings. The number of amides is 1. The molecule has 0 saturated carbocycles. The fourth-order valence-corrected chi connectivity index (χ4v) is 2.78. The van der Waals surface area contributed by atoms with Gasteiger partial charge in [-0.25, -0.2) is 0 Å². The number of rotatable bonds is 2. The van der Waals surface area contributed by atoms with Crippen molar-refractivity contribution in [2.75, 3.05) is 14.1 Å². The van der Waals surface area contributed by atoms with Crippen LogP contribution >= 0.6 is 0 Å². The molecule has 0 aliphatic rings. The van der Waals surface area contributed by atoms with Gasteiger partial charge in [0.2, 0.25) is 0 Å². The first-order valence-corrected chi connectivity index (χ1v) is 7.07. The van der Waals surface area contributed by atoms with Gasteiger partial charge in [-0.05, 0) is 17.5 Å². The molecule has 2 aromatic carbocycles. The Morgan fingerprint density at radius 3 is 2.41 bits per heavy atom. The van der Waals surface area contributed by atoms with Crippen molar-refractivity contribution < 1.29 is 4.79 Å². The van der Waals surface area contributed by atoms with Gasteiger partial charge in [-0.15, -0.1) is 0 Å². The third kappa shape index (κ3) is 2.35. The number of nitrogens with one attached hydrogen (secondary N) is 2. The molecular formula is C17H18N3O2+. The van der Waals surface area contributed by atoms with Crippen LogP contribution in [0.2, 0.25) is 0 Å². The summed E-state index contributed by atoms with van der Waals surface area (Å²) >= 11 is 0. The third-order valence-electron chi connectivity index (χ3n) is 3.80. The minimum atomic E-state index is -0.101. The van der Waals surface area contributed by atoms with Gasteiger partial charge in [-0.2, -0.15) is 10.0 Å². The van der Waals surface area contributed by atoms with Gasteiger partial charge >= 0.3 is 0 Å². The maximum Gasteiger partial charge on any atom is 0.262 e. The maximum absolute atomic E-state index is 12.1. The van der Waals surface area contributed by atoms with Gasteiger partial charge in [0, 0.05) is 35.3 Å². The number of aromatic amines is 1. The lowest BCUT2D eigenvalue weighted by Crippen LogP contribution is -2.55. The van der Waals surface area contributed by atoms with Gasteiger partial charge in [-0.1, -0.05) is 18.2 Å². The quantitative estimate of drug-likeness (QED) is 0.433. The summed E-state index contributed by atoms with van der Waals surface area (Å²) in [4.78, 5) is 26.4. The predicted molar refractivity (Wildman–Crippen MR) is 89.5 cm³/mol. The van der Waals surface area contributed by atoms with Gasteiger partial charge in [0.05, 0.1) is 14.1 Å². The Balaban J connectivity index is 2.30. The topological polar surface area (TPSA) is 62.0 Å². The number of fused-ring (bicyclic) bond motifs is 3. The molecule has 0 radical (unpaired) electrons. The number of hydrogen-bond acceptors (Lipinski definition) is 2. The molecule has 112 valence electrons. The van der Waals surface area contributed by atoms with Crippen molar-refractivity contribution in [3.05, 3.63) is 52.8 Å². The molecule has 2 N–H and O–H groups in total. The van der Waals surface area contributed by atoms with E-state index in [0.717, 1.165) is 22.0 Å². The van der Waals surface area contributed by atoms with Crippen molar-refractivity contribution in [2.45, 2.75) is 6.92 Å². The average molecular weight is 296 g/mol. The molecule has 5 heteroatoms. The first-order chi connectivity index (χ1) is 10.4. The van der Waals surface area contributed by atoms with E-state index >= 15 is 0 Å². The number of pyridine rings is 1. The third-order valence-corrected chi connectivity index (χ3v) is 3.80. The zero-order valence-electron chi connectivity index (χ0n) is 12.8. The fourth-order valence-electron chi connectivity index (χ4n) is 2.78. The van der Waals surface area contributed by atoms with Gasteiger partial charge < -0.3 is 4.98 Å². The number of aromatic nitrogens is 1. The van der Waals surface area contributed by atoms with Crippen LogP contribution in [0.4, 0.5) is 5.69 Å². The van der Waals surface area contributed by atoms with Crippen molar-refractivity contribution in [3.63, 3.8) is 0 Å². The van der Waals surface area contributed by atoms with Gasteiger partial charge in [0.25, 0.3) is 11.5 Å². The van der Waals surface area contributed by atoms with E-state index in [9.17, 15) is 9.59 Å². The summed E-state index contributed by atoms with van der Waals surface area (Å²) in [6, 6.07) is 13.3. The minimum absolute atomic E-state index is 0.0912. The van der Waals surface area contributed by atoms with E-state index in [2.05, 4.69) is 10.4 Å². The summed E-state index contributed by atoms with van der Waals surface area (Å²) in [5.41, 5.74) is 4.51. The van der Waals surface area contributed by atoms with E-state index in [1.807, 2.05) is 56.6 Å². The molecule has 3 aromatic rings. The van der Waals surface area contributed by atoms with E-state index in [-0.39, 0.29) is 16.1 Å². The molecular weight excluding hydrogens is 278 g/mol. The van der Waals surface area contributed by atoms with E-state index in [1.165, 1.54) is 6.92 Å². The van der Waals surface area contributed by atoms with Crippen molar-refractivity contribution in [3.8, 4) is 0 Å². The van der Waals surface area contributed by atoms with Crippen LogP contribution < -0.4 is 15.6 Å². The lowest BCUT2D eigenvalue weighted by atomic mass is 10.1. The Morgan fingerprint density at radius 2 is 1.73 bits per heavy atom. The first-order valence-electron chi connectivity index (χ1n) is 7.07. The molecule has 0 unspecified atom stereocenters. The number of carbonyl (C=O) groups excluding carboxylic acids is 1. The molecule has 3 rings (SSSR count). The van der Waals surface area contributed by atoms with Crippen molar-refractivity contribution >= 4 is 33.3 Å². The highest BCUT2D eigenvalue weighted by Crippen LogP contribution is 2.27. The molecule has 1 heterocycles. The predicted octanol–water partition coefficient (Wildman–Crippen LogP) is 2.30. The highest BCUT2D eigenvalue weighted by molar-refractivity contribution is 6.06. The molecule has 0 atom stereocenters. The minimum Gasteiger partial charge on any atom is -0.321 e. The van der Waals surface area contributed by atoms with Crippen molar-refractivity contribution in [1.82, 2.24) is 15.0 Å². The molecule has 0 aliphatic heterocycles. The summed E-state index contributed by atoms with van der Waals surface area (Å²) in [6.45, 7) is 1.49. The molecule has 1 amide bonds. The Hall–Kier alpha value is -2.66. The summed E-state index contributed by atoms with van der Waals surface area (Å²) in [5, 5.41) is 2.53. The molecule has 22 heavy (non-hydrogen) atoms. The monoisotopic (exact) mass is 296 g/mol. The molecule has 1 aromatic heterocycles. The lowest BCUT2D eigenvalue weighted by molar-refractivity contribution is -0.122. The highest BCUT2D eigenvalue weighted by Gasteiger charge is 2.21. The first kappa shape index (κ1) is 14.3. The highest BCUT2D eigenvalue weighted by atomic mass is 16.2.